The first-order valence-corrected chi connectivity index (χ1v) is 8.23. The van der Waals surface area contributed by atoms with Crippen LogP contribution in [-0.4, -0.2) is 26.7 Å². The molecule has 3 aromatic rings. The number of H-pyrrole nitrogens is 1. The second-order valence-corrected chi connectivity index (χ2v) is 6.03. The van der Waals surface area contributed by atoms with Gasteiger partial charge in [0.05, 0.1) is 16.6 Å². The van der Waals surface area contributed by atoms with Crippen LogP contribution in [0, 0.1) is 6.92 Å². The van der Waals surface area contributed by atoms with E-state index in [1.807, 2.05) is 0 Å². The summed E-state index contributed by atoms with van der Waals surface area (Å²) in [6, 6.07) is 3.52. The maximum Gasteiger partial charge on any atom is 0.340 e. The molecule has 0 aliphatic carbocycles. The summed E-state index contributed by atoms with van der Waals surface area (Å²) in [4.78, 5) is 45.3. The lowest BCUT2D eigenvalue weighted by molar-refractivity contribution is -0.377. The van der Waals surface area contributed by atoms with Crippen molar-refractivity contribution in [1.82, 2.24) is 14.1 Å². The van der Waals surface area contributed by atoms with E-state index in [0.29, 0.717) is 16.8 Å². The lowest BCUT2D eigenvalue weighted by Gasteiger charge is -2.15. The fourth-order valence-corrected chi connectivity index (χ4v) is 3.00. The molecule has 0 saturated carbocycles. The van der Waals surface area contributed by atoms with E-state index in [4.69, 9.17) is 4.74 Å². The van der Waals surface area contributed by atoms with E-state index in [0.717, 1.165) is 4.57 Å². The van der Waals surface area contributed by atoms with Crippen LogP contribution in [0.4, 0.5) is 0 Å². The number of hydrogen-bond donors (Lipinski definition) is 0. The summed E-state index contributed by atoms with van der Waals surface area (Å²) in [5.41, 5.74) is 0.705. The molecular formula is C19H19N4O4+. The molecule has 0 amide bonds. The van der Waals surface area contributed by atoms with E-state index in [2.05, 4.69) is 16.5 Å². The molecular weight excluding hydrogens is 348 g/mol. The number of pyridine rings is 2. The predicted molar refractivity (Wildman–Crippen MR) is 99.4 cm³/mol. The number of nitrogens with one attached hydrogen (secondary N) is 1. The first-order chi connectivity index (χ1) is 12.9. The lowest BCUT2D eigenvalue weighted by atomic mass is 9.97. The van der Waals surface area contributed by atoms with E-state index < -0.39 is 17.2 Å². The van der Waals surface area contributed by atoms with Gasteiger partial charge in [0.25, 0.3) is 5.56 Å². The van der Waals surface area contributed by atoms with Crippen LogP contribution in [-0.2, 0) is 18.8 Å². The number of hydrogen-bond acceptors (Lipinski definition) is 5. The number of aryl methyl sites for hydroxylation is 2. The molecule has 8 heteroatoms. The summed E-state index contributed by atoms with van der Waals surface area (Å²) in [5, 5.41) is 0.176. The highest BCUT2D eigenvalue weighted by Gasteiger charge is 2.26. The molecule has 0 spiro atoms. The van der Waals surface area contributed by atoms with Crippen LogP contribution in [0.25, 0.3) is 22.2 Å². The van der Waals surface area contributed by atoms with Gasteiger partial charge in [-0.3, -0.25) is 13.9 Å². The number of aromatic nitrogens is 4. The number of ether oxygens (including phenoxy) is 1. The molecule has 0 bridgehead atoms. The third-order valence-electron chi connectivity index (χ3n) is 4.30. The number of nitrogens with zero attached hydrogens (tertiary/aromatic N) is 3. The number of rotatable bonds is 4. The second kappa shape index (κ2) is 6.99. The topological polar surface area (TPSA) is 97.3 Å². The number of esters is 1. The molecule has 3 rings (SSSR count). The average molecular weight is 367 g/mol. The molecule has 0 unspecified atom stereocenters. The Balaban J connectivity index is 2.55. The van der Waals surface area contributed by atoms with Crippen LogP contribution in [0.2, 0.25) is 0 Å². The number of aromatic amines is 1. The minimum atomic E-state index is -0.614. The van der Waals surface area contributed by atoms with Gasteiger partial charge in [0.15, 0.2) is 12.4 Å². The van der Waals surface area contributed by atoms with E-state index in [1.165, 1.54) is 24.7 Å². The van der Waals surface area contributed by atoms with Crippen LogP contribution in [0.3, 0.4) is 0 Å². The van der Waals surface area contributed by atoms with E-state index in [9.17, 15) is 14.4 Å². The Bertz CT molecular complexity index is 1180. The predicted octanol–water partition coefficient (Wildman–Crippen LogP) is 0.765. The van der Waals surface area contributed by atoms with Gasteiger partial charge in [0.2, 0.25) is 0 Å². The van der Waals surface area contributed by atoms with E-state index in [1.54, 1.807) is 31.5 Å². The molecule has 0 aromatic carbocycles. The monoisotopic (exact) mass is 367 g/mol. The molecule has 0 fully saturated rings. The van der Waals surface area contributed by atoms with Gasteiger partial charge in [0, 0.05) is 31.3 Å². The Hall–Kier alpha value is -3.55. The number of fused-ring (bicyclic) bond motifs is 1. The maximum atomic E-state index is 12.9. The van der Waals surface area contributed by atoms with Crippen molar-refractivity contribution >= 4 is 17.0 Å². The highest BCUT2D eigenvalue weighted by molar-refractivity contribution is 6.06. The van der Waals surface area contributed by atoms with Gasteiger partial charge >= 0.3 is 11.7 Å². The third kappa shape index (κ3) is 2.95. The van der Waals surface area contributed by atoms with Crippen molar-refractivity contribution in [2.45, 2.75) is 6.92 Å². The van der Waals surface area contributed by atoms with E-state index in [-0.39, 0.29) is 23.2 Å². The molecule has 0 radical (unpaired) electrons. The zero-order valence-electron chi connectivity index (χ0n) is 15.3. The molecule has 27 heavy (non-hydrogen) atoms. The zero-order chi connectivity index (χ0) is 19.7. The normalized spacial score (nSPS) is 10.8. The molecule has 0 aliphatic rings. The number of carbonyl (C=O) groups is 1. The summed E-state index contributed by atoms with van der Waals surface area (Å²) in [6.45, 7) is 5.21. The van der Waals surface area contributed by atoms with Crippen molar-refractivity contribution in [2.75, 3.05) is 6.61 Å². The van der Waals surface area contributed by atoms with Gasteiger partial charge in [-0.05, 0) is 13.0 Å². The van der Waals surface area contributed by atoms with Gasteiger partial charge in [-0.15, -0.1) is 0 Å². The molecule has 0 saturated heterocycles. The molecule has 0 aliphatic heterocycles. The molecule has 3 aromatic heterocycles. The summed E-state index contributed by atoms with van der Waals surface area (Å²) >= 11 is 0. The van der Waals surface area contributed by atoms with Gasteiger partial charge in [0.1, 0.15) is 12.3 Å². The lowest BCUT2D eigenvalue weighted by Crippen LogP contribution is -2.38. The Labute approximate surface area is 154 Å². The Morgan fingerprint density at radius 3 is 2.70 bits per heavy atom. The third-order valence-corrected chi connectivity index (χ3v) is 4.30. The highest BCUT2D eigenvalue weighted by Crippen LogP contribution is 2.30. The summed E-state index contributed by atoms with van der Waals surface area (Å²) < 4.78 is 7.49. The fourth-order valence-electron chi connectivity index (χ4n) is 3.00. The van der Waals surface area contributed by atoms with Crippen molar-refractivity contribution in [2.24, 2.45) is 14.1 Å². The maximum absolute atomic E-state index is 12.9. The fraction of sp³-hybridized carbons (Fsp3) is 0.211. The van der Waals surface area contributed by atoms with Gasteiger partial charge in [-0.1, -0.05) is 12.7 Å². The summed E-state index contributed by atoms with van der Waals surface area (Å²) in [6.07, 6.45) is 4.84. The van der Waals surface area contributed by atoms with Crippen molar-refractivity contribution < 1.29 is 14.5 Å². The van der Waals surface area contributed by atoms with Crippen molar-refractivity contribution in [3.05, 3.63) is 69.3 Å². The van der Waals surface area contributed by atoms with Crippen molar-refractivity contribution in [1.29, 1.82) is 0 Å². The molecule has 1 N–H and O–H groups in total. The molecule has 138 valence electrons. The quantitative estimate of drug-likeness (QED) is 0.501. The average Bonchev–Trinajstić information content (AvgIpc) is 2.68. The van der Waals surface area contributed by atoms with Crippen molar-refractivity contribution in [3.63, 3.8) is 0 Å². The van der Waals surface area contributed by atoms with Gasteiger partial charge in [-0.25, -0.2) is 19.6 Å². The van der Waals surface area contributed by atoms with Crippen LogP contribution in [0.5, 0.6) is 0 Å². The standard InChI is InChI=1S/C19H18N4O4/c1-5-9-27-18(25)13-11(2)21-16-15(14(13)12-7-6-8-20-10-12)17(24)23(4)19(26)22(16)3/h5-8,10H,1,9H2,2-4H3/p+1. The van der Waals surface area contributed by atoms with Gasteiger partial charge < -0.3 is 4.74 Å². The Morgan fingerprint density at radius 2 is 2.07 bits per heavy atom. The molecule has 3 heterocycles. The number of carbonyl (C=O) groups excluding carboxylic acids is 1. The largest absolute Gasteiger partial charge is 0.458 e. The summed E-state index contributed by atoms with van der Waals surface area (Å²) in [5.74, 6) is -0.614. The second-order valence-electron chi connectivity index (χ2n) is 6.03. The van der Waals surface area contributed by atoms with Crippen LogP contribution in [0.1, 0.15) is 16.1 Å². The Kier molecular flexibility index (Phi) is 4.72. The van der Waals surface area contributed by atoms with Crippen LogP contribution >= 0.6 is 0 Å². The zero-order valence-corrected chi connectivity index (χ0v) is 15.3. The molecule has 8 nitrogen and oxygen atoms in total. The van der Waals surface area contributed by atoms with Crippen LogP contribution < -0.4 is 16.2 Å². The molecule has 0 atom stereocenters. The van der Waals surface area contributed by atoms with Crippen molar-refractivity contribution in [3.8, 4) is 11.1 Å². The van der Waals surface area contributed by atoms with E-state index >= 15 is 0 Å². The Morgan fingerprint density at radius 1 is 1.33 bits per heavy atom. The minimum absolute atomic E-state index is 0.0297. The highest BCUT2D eigenvalue weighted by atomic mass is 16.5. The summed E-state index contributed by atoms with van der Waals surface area (Å²) in [7, 11) is 2.92. The minimum Gasteiger partial charge on any atom is -0.458 e. The first-order valence-electron chi connectivity index (χ1n) is 8.23. The van der Waals surface area contributed by atoms with Crippen LogP contribution in [0.15, 0.2) is 46.8 Å². The first kappa shape index (κ1) is 18.2. The van der Waals surface area contributed by atoms with Gasteiger partial charge in [-0.2, -0.15) is 0 Å². The SMILES string of the molecule is C=CCOC(=O)c1c(C)nc2c(c1-c1ccc[nH+]c1)c(=O)n(C)c(=O)n2C. The smallest absolute Gasteiger partial charge is 0.340 e.